The van der Waals surface area contributed by atoms with Gasteiger partial charge in [-0.2, -0.15) is 4.99 Å². The molecule has 0 saturated heterocycles. The number of nitrogens with one attached hydrogen (secondary N) is 1. The molecule has 0 aliphatic carbocycles. The number of carbonyl (C=O) groups is 1. The first-order valence-electron chi connectivity index (χ1n) is 14.6. The number of aryl methyl sites for hydroxylation is 2. The van der Waals surface area contributed by atoms with Crippen LogP contribution in [-0.2, 0) is 6.42 Å². The van der Waals surface area contributed by atoms with Crippen LogP contribution in [0.5, 0.6) is 5.75 Å². The molecule has 2 heterocycles. The number of rotatable bonds is 10. The van der Waals surface area contributed by atoms with Gasteiger partial charge in [0.15, 0.2) is 10.6 Å². The maximum Gasteiger partial charge on any atom is 0.573 e. The molecule has 1 N–H and O–H groups in total. The highest BCUT2D eigenvalue weighted by Crippen LogP contribution is 2.26. The molecule has 5 aromatic rings. The van der Waals surface area contributed by atoms with Gasteiger partial charge in [-0.1, -0.05) is 38.1 Å². The van der Waals surface area contributed by atoms with Crippen LogP contribution in [0, 0.1) is 12.7 Å². The lowest BCUT2D eigenvalue weighted by molar-refractivity contribution is -0.274. The summed E-state index contributed by atoms with van der Waals surface area (Å²) in [6, 6.07) is 17.4. The van der Waals surface area contributed by atoms with E-state index < -0.39 is 12.4 Å². The van der Waals surface area contributed by atoms with E-state index in [1.165, 1.54) is 58.7 Å². The smallest absolute Gasteiger partial charge is 0.406 e. The van der Waals surface area contributed by atoms with Crippen molar-refractivity contribution in [1.29, 1.82) is 0 Å². The fourth-order valence-electron chi connectivity index (χ4n) is 4.87. The van der Waals surface area contributed by atoms with Crippen LogP contribution in [0.15, 0.2) is 83.4 Å². The topological polar surface area (TPSA) is 86.3 Å². The molecule has 8 nitrogen and oxygen atoms in total. The Bertz CT molecular complexity index is 1860. The molecule has 3 aromatic carbocycles. The number of hydrogen-bond acceptors (Lipinski definition) is 5. The minimum Gasteiger partial charge on any atom is -0.406 e. The van der Waals surface area contributed by atoms with Crippen molar-refractivity contribution in [1.82, 2.24) is 24.6 Å². The Morgan fingerprint density at radius 1 is 1.04 bits per heavy atom. The van der Waals surface area contributed by atoms with E-state index in [2.05, 4.69) is 25.1 Å². The Morgan fingerprint density at radius 3 is 2.48 bits per heavy atom. The Morgan fingerprint density at radius 2 is 1.78 bits per heavy atom. The first kappa shape index (κ1) is 32.6. The molecule has 46 heavy (non-hydrogen) atoms. The zero-order valence-electron chi connectivity index (χ0n) is 25.4. The zero-order chi connectivity index (χ0) is 32.8. The summed E-state index contributed by atoms with van der Waals surface area (Å²) in [7, 11) is 0. The third kappa shape index (κ3) is 8.27. The third-order valence-corrected chi connectivity index (χ3v) is 8.08. The van der Waals surface area contributed by atoms with Gasteiger partial charge >= 0.3 is 12.4 Å². The van der Waals surface area contributed by atoms with Gasteiger partial charge in [-0.15, -0.1) is 29.6 Å². The number of ether oxygens (including phenoxy) is 1. The highest BCUT2D eigenvalue weighted by atomic mass is 32.1. The van der Waals surface area contributed by atoms with Gasteiger partial charge in [-0.25, -0.2) is 18.9 Å². The van der Waals surface area contributed by atoms with Gasteiger partial charge in [0.05, 0.1) is 11.4 Å². The highest BCUT2D eigenvalue weighted by molar-refractivity contribution is 7.07. The van der Waals surface area contributed by atoms with Gasteiger partial charge in [0.1, 0.15) is 17.9 Å². The number of nitrogens with zero attached hydrogens (tertiary/aromatic N) is 5. The summed E-state index contributed by atoms with van der Waals surface area (Å²) in [5, 5.41) is 9.22. The summed E-state index contributed by atoms with van der Waals surface area (Å²) in [4.78, 5) is 21.8. The van der Waals surface area contributed by atoms with E-state index in [0.717, 1.165) is 47.3 Å². The fourth-order valence-corrected chi connectivity index (χ4v) is 5.74. The molecule has 240 valence electrons. The van der Waals surface area contributed by atoms with Crippen LogP contribution in [-0.4, -0.2) is 38.3 Å². The van der Waals surface area contributed by atoms with Crippen LogP contribution in [0.4, 0.5) is 22.4 Å². The number of urea groups is 1. The molecule has 0 aliphatic rings. The first-order valence-corrected chi connectivity index (χ1v) is 15.5. The van der Waals surface area contributed by atoms with Crippen LogP contribution in [0.1, 0.15) is 49.4 Å². The number of unbranched alkanes of at least 4 members (excludes halogenated alkanes) is 1. The molecular formula is C33H32F4N6O2S. The predicted molar refractivity (Wildman–Crippen MR) is 168 cm³/mol. The maximum atomic E-state index is 13.9. The van der Waals surface area contributed by atoms with E-state index in [9.17, 15) is 22.4 Å². The molecule has 0 aliphatic heterocycles. The summed E-state index contributed by atoms with van der Waals surface area (Å²) >= 11 is 1.36. The number of amides is 2. The monoisotopic (exact) mass is 652 g/mol. The molecule has 5 rings (SSSR count). The second-order valence-corrected chi connectivity index (χ2v) is 11.7. The van der Waals surface area contributed by atoms with Gasteiger partial charge in [0, 0.05) is 23.2 Å². The molecule has 0 fully saturated rings. The molecule has 0 unspecified atom stereocenters. The summed E-state index contributed by atoms with van der Waals surface area (Å²) < 4.78 is 58.4. The van der Waals surface area contributed by atoms with Crippen molar-refractivity contribution in [3.05, 3.63) is 106 Å². The SMILES string of the molecule is Cc1cs/c(=N\C(=O)NCCCCc2ccc(-c3ncn(-c4ccc(OC(F)(F)F)cc4)n3)cc2)n1-c1ccc(F)cc1C(C)C. The molecule has 13 heteroatoms. The van der Waals surface area contributed by atoms with E-state index in [-0.39, 0.29) is 17.5 Å². The predicted octanol–water partition coefficient (Wildman–Crippen LogP) is 7.89. The molecule has 0 saturated carbocycles. The Balaban J connectivity index is 1.12. The molecule has 0 bridgehead atoms. The molecule has 0 radical (unpaired) electrons. The van der Waals surface area contributed by atoms with Crippen molar-refractivity contribution < 1.29 is 27.1 Å². The van der Waals surface area contributed by atoms with E-state index in [1.54, 1.807) is 6.07 Å². The van der Waals surface area contributed by atoms with Crippen molar-refractivity contribution in [2.24, 2.45) is 4.99 Å². The van der Waals surface area contributed by atoms with Crippen LogP contribution >= 0.6 is 11.3 Å². The van der Waals surface area contributed by atoms with Gasteiger partial charge in [-0.05, 0) is 85.7 Å². The van der Waals surface area contributed by atoms with E-state index >= 15 is 0 Å². The molecule has 2 aromatic heterocycles. The van der Waals surface area contributed by atoms with Crippen LogP contribution in [0.25, 0.3) is 22.8 Å². The number of halogens is 4. The van der Waals surface area contributed by atoms with E-state index in [4.69, 9.17) is 0 Å². The van der Waals surface area contributed by atoms with Gasteiger partial charge < -0.3 is 10.1 Å². The second-order valence-electron chi connectivity index (χ2n) is 10.9. The van der Waals surface area contributed by atoms with Crippen molar-refractivity contribution in [2.45, 2.75) is 52.3 Å². The standard InChI is InChI=1S/C33H32F4N6O2S/c1-21(2)28-18-25(34)11-16-29(28)43-22(3)19-46-32(43)40-31(44)38-17-5-4-6-23-7-9-24(10-8-23)30-39-20-42(41-30)26-12-14-27(15-13-26)45-33(35,36)37/h7-16,18-21H,4-6,17H2,1-3H3,(H,38,44)/b40-32-. The van der Waals surface area contributed by atoms with Gasteiger partial charge in [-0.3, -0.25) is 4.57 Å². The fraction of sp³-hybridized carbons (Fsp3) is 0.273. The summed E-state index contributed by atoms with van der Waals surface area (Å²) in [6.07, 6.45) is -0.824. The lowest BCUT2D eigenvalue weighted by atomic mass is 10.0. The largest absolute Gasteiger partial charge is 0.573 e. The molecular weight excluding hydrogens is 620 g/mol. The van der Waals surface area contributed by atoms with E-state index in [0.29, 0.717) is 22.9 Å². The Labute approximate surface area is 267 Å². The Hall–Kier alpha value is -4.78. The first-order chi connectivity index (χ1) is 22.0. The van der Waals surface area contributed by atoms with Gasteiger partial charge in [0.25, 0.3) is 0 Å². The maximum absolute atomic E-state index is 13.9. The van der Waals surface area contributed by atoms with Crippen molar-refractivity contribution >= 4 is 17.4 Å². The van der Waals surface area contributed by atoms with Crippen LogP contribution in [0.3, 0.4) is 0 Å². The number of benzene rings is 3. The van der Waals surface area contributed by atoms with Crippen molar-refractivity contribution in [3.63, 3.8) is 0 Å². The number of alkyl halides is 3. The zero-order valence-corrected chi connectivity index (χ0v) is 26.2. The Kier molecular flexibility index (Phi) is 10.0. The number of carbonyl (C=O) groups excluding carboxylic acids is 1. The van der Waals surface area contributed by atoms with Gasteiger partial charge in [0.2, 0.25) is 0 Å². The highest BCUT2D eigenvalue weighted by Gasteiger charge is 2.31. The summed E-state index contributed by atoms with van der Waals surface area (Å²) in [5.41, 5.74) is 5.03. The normalized spacial score (nSPS) is 12.1. The third-order valence-electron chi connectivity index (χ3n) is 7.14. The number of aromatic nitrogens is 4. The average Bonchev–Trinajstić information content (AvgIpc) is 3.64. The molecule has 2 amide bonds. The minimum atomic E-state index is -4.75. The van der Waals surface area contributed by atoms with Crippen LogP contribution in [0.2, 0.25) is 0 Å². The van der Waals surface area contributed by atoms with Crippen LogP contribution < -0.4 is 14.9 Å². The lowest BCUT2D eigenvalue weighted by Gasteiger charge is -2.15. The summed E-state index contributed by atoms with van der Waals surface area (Å²) in [5.74, 6) is -0.0362. The average molecular weight is 653 g/mol. The molecule has 0 atom stereocenters. The lowest BCUT2D eigenvalue weighted by Crippen LogP contribution is -2.25. The van der Waals surface area contributed by atoms with Crippen molar-refractivity contribution in [3.8, 4) is 28.5 Å². The summed E-state index contributed by atoms with van der Waals surface area (Å²) in [6.45, 7) is 6.40. The molecule has 0 spiro atoms. The minimum absolute atomic E-state index is 0.0927. The van der Waals surface area contributed by atoms with Crippen molar-refractivity contribution in [2.75, 3.05) is 6.54 Å². The quantitative estimate of drug-likeness (QED) is 0.123. The van der Waals surface area contributed by atoms with E-state index in [1.807, 2.05) is 55.0 Å². The number of thiazole rings is 1. The number of hydrogen-bond donors (Lipinski definition) is 1. The second kappa shape index (κ2) is 14.1.